The zero-order valence-electron chi connectivity index (χ0n) is 45.6. The van der Waals surface area contributed by atoms with Crippen LogP contribution in [0.1, 0.15) is 111 Å². The Kier molecular flexibility index (Phi) is 21.4. The fourth-order valence-corrected chi connectivity index (χ4v) is 8.56. The number of aryl methyl sites for hydroxylation is 1. The summed E-state index contributed by atoms with van der Waals surface area (Å²) in [4.78, 5) is 43.0. The Balaban J connectivity index is 0.000000154. The maximum atomic E-state index is 12.6. The molecule has 4 N–H and O–H groups in total. The molecule has 5 aromatic rings. The largest absolute Gasteiger partial charge is 0.444 e. The number of benzene rings is 3. The number of carbonyl (C=O) groups excluding carboxylic acids is 3. The van der Waals surface area contributed by atoms with Crippen molar-refractivity contribution >= 4 is 46.9 Å². The zero-order valence-corrected chi connectivity index (χ0v) is 46.3. The van der Waals surface area contributed by atoms with E-state index in [-0.39, 0.29) is 28.9 Å². The summed E-state index contributed by atoms with van der Waals surface area (Å²) < 4.78 is 78.3. The summed E-state index contributed by atoms with van der Waals surface area (Å²) in [5.74, 6) is 2.72. The highest BCUT2D eigenvalue weighted by molar-refractivity contribution is 6.29. The van der Waals surface area contributed by atoms with Crippen LogP contribution in [-0.4, -0.2) is 137 Å². The highest BCUT2D eigenvalue weighted by Crippen LogP contribution is 2.42. The van der Waals surface area contributed by atoms with Gasteiger partial charge in [-0.25, -0.2) is 14.4 Å². The predicted octanol–water partition coefficient (Wildman–Crippen LogP) is 11.6. The van der Waals surface area contributed by atoms with Crippen LogP contribution < -0.4 is 26.2 Å². The highest BCUT2D eigenvalue weighted by Gasteiger charge is 2.34. The minimum Gasteiger partial charge on any atom is -0.444 e. The van der Waals surface area contributed by atoms with E-state index >= 15 is 0 Å². The summed E-state index contributed by atoms with van der Waals surface area (Å²) in [6, 6.07) is 29.0. The molecule has 432 valence electrons. The molecule has 3 aliphatic heterocycles. The third kappa shape index (κ3) is 20.4. The number of aromatic nitrogens is 4. The van der Waals surface area contributed by atoms with Crippen molar-refractivity contribution in [2.75, 3.05) is 94.1 Å². The van der Waals surface area contributed by atoms with Gasteiger partial charge >= 0.3 is 30.5 Å². The maximum absolute atomic E-state index is 12.6. The van der Waals surface area contributed by atoms with Gasteiger partial charge in [-0.2, -0.15) is 26.3 Å². The van der Waals surface area contributed by atoms with Crippen LogP contribution in [0.25, 0.3) is 0 Å². The minimum absolute atomic E-state index is 0.00988. The first-order chi connectivity index (χ1) is 38.1. The molecule has 5 amide bonds. The second-order valence-corrected chi connectivity index (χ2v) is 21.7. The van der Waals surface area contributed by atoms with Gasteiger partial charge in [0.2, 0.25) is 0 Å². The monoisotopic (exact) mass is 1140 g/mol. The van der Waals surface area contributed by atoms with Crippen molar-refractivity contribution in [2.24, 2.45) is 0 Å². The number of hydrogen-bond acceptors (Lipinski definition) is 11. The molecular formula is C57H71ClF6N12O4. The van der Waals surface area contributed by atoms with Crippen LogP contribution in [0.15, 0.2) is 97.1 Å². The van der Waals surface area contributed by atoms with Crippen LogP contribution in [0, 0.1) is 6.92 Å². The van der Waals surface area contributed by atoms with Gasteiger partial charge in [-0.3, -0.25) is 0 Å². The van der Waals surface area contributed by atoms with Crippen LogP contribution in [0.5, 0.6) is 0 Å². The molecule has 0 radical (unpaired) electrons. The van der Waals surface area contributed by atoms with E-state index in [0.29, 0.717) is 37.9 Å². The number of piperazine rings is 3. The van der Waals surface area contributed by atoms with E-state index in [2.05, 4.69) is 97.1 Å². The summed E-state index contributed by atoms with van der Waals surface area (Å²) >= 11 is 5.22. The van der Waals surface area contributed by atoms with Crippen LogP contribution in [0.3, 0.4) is 0 Å². The molecule has 5 heterocycles. The van der Waals surface area contributed by atoms with E-state index < -0.39 is 23.7 Å². The molecule has 6 aliphatic rings. The molecule has 3 aliphatic carbocycles. The van der Waals surface area contributed by atoms with E-state index in [1.165, 1.54) is 66.8 Å². The van der Waals surface area contributed by atoms with E-state index in [1.54, 1.807) is 9.80 Å². The van der Waals surface area contributed by atoms with Crippen molar-refractivity contribution in [3.8, 4) is 0 Å². The van der Waals surface area contributed by atoms with Crippen molar-refractivity contribution in [2.45, 2.75) is 102 Å². The standard InChI is InChI=1S/C19H20F3N5O.C14H19N3O.C10H12.C9H18N2O2.C5H2ClF3N2/c20-19(21,22)16-7-8-17(25-24-16)26-9-11-27(12-10-26)18(28)23-15-5-3-14(4-6-15)13-1-2-13;18-14(17-9-7-15-8-10-17)16-13-5-3-12(4-6-13)11-1-2-11;1-8-2-4-9(5-3-8)10-6-7-10;1-9(2,3)13-8(12)11-6-4-10-5-7-11;6-4-2-1-3(10-11-4)5(7,8)9/h3-8,13H,1-2,9-12H2,(H,23,28);3-6,11,15H,1-2,7-10H2,(H,16,18);2-5,10H,6-7H2,1H3;10H,4-7H2,1-3H3;1-2H. The molecule has 16 nitrogen and oxygen atoms in total. The number of anilines is 3. The van der Waals surface area contributed by atoms with Crippen molar-refractivity contribution in [3.63, 3.8) is 0 Å². The quantitative estimate of drug-likeness (QED) is 0.119. The Morgan fingerprint density at radius 1 is 0.512 bits per heavy atom. The van der Waals surface area contributed by atoms with Gasteiger partial charge in [-0.05, 0) is 149 Å². The minimum atomic E-state index is -4.50. The summed E-state index contributed by atoms with van der Waals surface area (Å²) in [6.45, 7) is 16.2. The molecule has 11 rings (SSSR count). The number of nitrogens with one attached hydrogen (secondary N) is 4. The van der Waals surface area contributed by atoms with E-state index in [9.17, 15) is 40.7 Å². The average Bonchev–Trinajstić information content (AvgIpc) is 4.26. The smallest absolute Gasteiger partial charge is 0.435 e. The predicted molar refractivity (Wildman–Crippen MR) is 296 cm³/mol. The molecule has 2 aromatic heterocycles. The SMILES string of the molecule is CC(C)(C)OC(=O)N1CCNCC1.Cc1ccc(C2CC2)cc1.FC(F)(F)c1ccc(Cl)nn1.O=C(Nc1ccc(C2CC2)cc1)N1CCN(c2ccc(C(F)(F)F)nn2)CC1.O=C(Nc1ccc(C2CC2)cc1)N1CCNCC1. The Hall–Kier alpha value is -6.78. The van der Waals surface area contributed by atoms with Gasteiger partial charge in [-0.15, -0.1) is 20.4 Å². The lowest BCUT2D eigenvalue weighted by atomic mass is 10.1. The third-order valence-electron chi connectivity index (χ3n) is 13.5. The van der Waals surface area contributed by atoms with Crippen molar-refractivity contribution < 1.29 is 45.5 Å². The van der Waals surface area contributed by atoms with Gasteiger partial charge in [0.05, 0.1) is 0 Å². The van der Waals surface area contributed by atoms with E-state index in [1.807, 2.05) is 54.8 Å². The fraction of sp³-hybridized carbons (Fsp3) is 0.491. The number of urea groups is 2. The van der Waals surface area contributed by atoms with Crippen molar-refractivity contribution in [1.82, 2.24) is 45.7 Å². The van der Waals surface area contributed by atoms with Gasteiger partial charge in [0.1, 0.15) is 5.60 Å². The number of amides is 5. The van der Waals surface area contributed by atoms with Gasteiger partial charge in [-0.1, -0.05) is 65.7 Å². The van der Waals surface area contributed by atoms with Crippen LogP contribution in [-0.2, 0) is 17.1 Å². The second kappa shape index (κ2) is 28.1. The molecule has 3 saturated heterocycles. The topological polar surface area (TPSA) is 173 Å². The Labute approximate surface area is 468 Å². The summed E-state index contributed by atoms with van der Waals surface area (Å²) in [7, 11) is 0. The van der Waals surface area contributed by atoms with Gasteiger partial charge in [0.15, 0.2) is 22.4 Å². The van der Waals surface area contributed by atoms with Crippen LogP contribution in [0.4, 0.5) is 57.9 Å². The first kappa shape index (κ1) is 60.9. The number of hydrogen-bond donors (Lipinski definition) is 4. The first-order valence-corrected chi connectivity index (χ1v) is 27.5. The molecular weight excluding hydrogens is 1070 g/mol. The van der Waals surface area contributed by atoms with Gasteiger partial charge < -0.3 is 45.6 Å². The fourth-order valence-electron chi connectivity index (χ4n) is 8.46. The Bertz CT molecular complexity index is 2720. The van der Waals surface area contributed by atoms with Crippen molar-refractivity contribution in [1.29, 1.82) is 0 Å². The average molecular weight is 1140 g/mol. The summed E-state index contributed by atoms with van der Waals surface area (Å²) in [5, 5.41) is 25.0. The number of halogens is 7. The zero-order chi connectivity index (χ0) is 57.5. The molecule has 3 aromatic carbocycles. The molecule has 0 bridgehead atoms. The molecule has 0 spiro atoms. The lowest BCUT2D eigenvalue weighted by Crippen LogP contribution is -2.50. The molecule has 0 unspecified atom stereocenters. The molecule has 80 heavy (non-hydrogen) atoms. The number of ether oxygens (including phenoxy) is 1. The molecule has 0 atom stereocenters. The van der Waals surface area contributed by atoms with Crippen LogP contribution >= 0.6 is 11.6 Å². The molecule has 23 heteroatoms. The molecule has 6 fully saturated rings. The summed E-state index contributed by atoms with van der Waals surface area (Å²) in [5.41, 5.74) is 4.81. The first-order valence-electron chi connectivity index (χ1n) is 27.1. The highest BCUT2D eigenvalue weighted by atomic mass is 35.5. The normalized spacial score (nSPS) is 17.3. The number of carbonyl (C=O) groups is 3. The second-order valence-electron chi connectivity index (χ2n) is 21.3. The number of rotatable bonds is 6. The van der Waals surface area contributed by atoms with Crippen molar-refractivity contribution in [3.05, 3.63) is 136 Å². The summed E-state index contributed by atoms with van der Waals surface area (Å²) in [6.07, 6.45) is -1.24. The lowest BCUT2D eigenvalue weighted by molar-refractivity contribution is -0.142. The maximum Gasteiger partial charge on any atom is 0.435 e. The van der Waals surface area contributed by atoms with E-state index in [4.69, 9.17) is 16.3 Å². The third-order valence-corrected chi connectivity index (χ3v) is 13.7. The molecule has 3 saturated carbocycles. The van der Waals surface area contributed by atoms with Gasteiger partial charge in [0, 0.05) is 89.9 Å². The van der Waals surface area contributed by atoms with E-state index in [0.717, 1.165) is 93.8 Å². The van der Waals surface area contributed by atoms with Gasteiger partial charge in [0.25, 0.3) is 0 Å². The Morgan fingerprint density at radius 2 is 0.900 bits per heavy atom. The van der Waals surface area contributed by atoms with Crippen LogP contribution in [0.2, 0.25) is 5.15 Å². The Morgan fingerprint density at radius 3 is 1.26 bits per heavy atom. The number of nitrogens with zero attached hydrogens (tertiary/aromatic N) is 8. The lowest BCUT2D eigenvalue weighted by Gasteiger charge is -2.35. The number of alkyl halides is 6.